The zero-order valence-electron chi connectivity index (χ0n) is 8.06. The predicted octanol–water partition coefficient (Wildman–Crippen LogP) is 4.19. The maximum Gasteiger partial charge on any atom is 0.209 e. The molecule has 1 nitrogen and oxygen atoms in total. The third-order valence-electron chi connectivity index (χ3n) is 1.91. The Morgan fingerprint density at radius 2 is 1.92 bits per heavy atom. The number of hydrogen-bond donors (Lipinski definition) is 0. The van der Waals surface area contributed by atoms with Crippen LogP contribution in [0.5, 0.6) is 0 Å². The first kappa shape index (κ1) is 10.1. The molecule has 0 fully saturated rings. The van der Waals surface area contributed by atoms with E-state index in [-0.39, 0.29) is 5.41 Å². The molecule has 0 atom stereocenters. The average molecular weight is 194 g/mol. The quantitative estimate of drug-likeness (QED) is 0.545. The van der Waals surface area contributed by atoms with Crippen LogP contribution in [0.3, 0.4) is 0 Å². The van der Waals surface area contributed by atoms with E-state index in [4.69, 9.17) is 18.2 Å². The minimum absolute atomic E-state index is 0.0230. The van der Waals surface area contributed by atoms with Crippen molar-refractivity contribution in [2.45, 2.75) is 26.2 Å². The average Bonchev–Trinajstić information content (AvgIpc) is 2.02. The van der Waals surface area contributed by atoms with Crippen LogP contribution in [0.25, 0.3) is 4.85 Å². The number of rotatable bonds is 0. The van der Waals surface area contributed by atoms with Crippen LogP contribution in [0.15, 0.2) is 18.2 Å². The van der Waals surface area contributed by atoms with Gasteiger partial charge in [-0.3, -0.25) is 0 Å². The Bertz CT molecular complexity index is 355. The monoisotopic (exact) mass is 193 g/mol. The highest BCUT2D eigenvalue weighted by Crippen LogP contribution is 2.36. The third-order valence-corrected chi connectivity index (χ3v) is 2.21. The summed E-state index contributed by atoms with van der Waals surface area (Å²) in [4.78, 5) is 3.45. The van der Waals surface area contributed by atoms with Gasteiger partial charge in [0, 0.05) is 5.02 Å². The van der Waals surface area contributed by atoms with E-state index in [0.717, 1.165) is 5.56 Å². The van der Waals surface area contributed by atoms with Crippen LogP contribution in [0.1, 0.15) is 26.3 Å². The molecule has 1 aromatic carbocycles. The molecule has 0 aliphatic heterocycles. The molecule has 0 amide bonds. The van der Waals surface area contributed by atoms with Crippen molar-refractivity contribution in [2.75, 3.05) is 0 Å². The predicted molar refractivity (Wildman–Crippen MR) is 56.4 cm³/mol. The van der Waals surface area contributed by atoms with Gasteiger partial charge in [-0.2, -0.15) is 0 Å². The molecule has 0 N–H and O–H groups in total. The molecular weight excluding hydrogens is 182 g/mol. The molecule has 0 saturated heterocycles. The van der Waals surface area contributed by atoms with Crippen molar-refractivity contribution < 1.29 is 0 Å². The summed E-state index contributed by atoms with van der Waals surface area (Å²) in [6.45, 7) is 13.3. The lowest BCUT2D eigenvalue weighted by molar-refractivity contribution is 0.593. The second-order valence-corrected chi connectivity index (χ2v) is 4.41. The van der Waals surface area contributed by atoms with Gasteiger partial charge >= 0.3 is 0 Å². The van der Waals surface area contributed by atoms with Crippen LogP contribution in [-0.4, -0.2) is 0 Å². The molecule has 0 heterocycles. The van der Waals surface area contributed by atoms with E-state index < -0.39 is 0 Å². The zero-order valence-corrected chi connectivity index (χ0v) is 8.81. The second-order valence-electron chi connectivity index (χ2n) is 4.00. The summed E-state index contributed by atoms with van der Waals surface area (Å²) in [6.07, 6.45) is 0. The number of halogens is 1. The van der Waals surface area contributed by atoms with E-state index in [9.17, 15) is 0 Å². The van der Waals surface area contributed by atoms with E-state index in [1.54, 1.807) is 6.07 Å². The molecule has 2 heteroatoms. The van der Waals surface area contributed by atoms with E-state index in [1.165, 1.54) is 0 Å². The Morgan fingerprint density at radius 3 is 2.31 bits per heavy atom. The Balaban J connectivity index is 3.40. The van der Waals surface area contributed by atoms with Gasteiger partial charge in [0.25, 0.3) is 0 Å². The summed E-state index contributed by atoms with van der Waals surface area (Å²) in [5, 5.41) is 0.544. The Labute approximate surface area is 84.2 Å². The number of nitrogens with zero attached hydrogens (tertiary/aromatic N) is 1. The van der Waals surface area contributed by atoms with Crippen molar-refractivity contribution in [1.29, 1.82) is 0 Å². The molecule has 0 aromatic heterocycles. The lowest BCUT2D eigenvalue weighted by Crippen LogP contribution is -2.10. The molecule has 0 unspecified atom stereocenters. The number of para-hydroxylation sites is 1. The molecule has 0 aliphatic carbocycles. The first-order valence-corrected chi connectivity index (χ1v) is 4.51. The van der Waals surface area contributed by atoms with Gasteiger partial charge < -0.3 is 0 Å². The fourth-order valence-electron chi connectivity index (χ4n) is 1.23. The van der Waals surface area contributed by atoms with Crippen molar-refractivity contribution >= 4 is 17.3 Å². The molecule has 1 rings (SSSR count). The van der Waals surface area contributed by atoms with Crippen molar-refractivity contribution in [3.8, 4) is 0 Å². The van der Waals surface area contributed by atoms with E-state index in [1.807, 2.05) is 12.1 Å². The van der Waals surface area contributed by atoms with Gasteiger partial charge in [0.1, 0.15) is 0 Å². The van der Waals surface area contributed by atoms with Gasteiger partial charge in [0.15, 0.2) is 0 Å². The zero-order chi connectivity index (χ0) is 10.1. The van der Waals surface area contributed by atoms with Crippen molar-refractivity contribution in [3.05, 3.63) is 40.2 Å². The van der Waals surface area contributed by atoms with Crippen LogP contribution in [0, 0.1) is 6.57 Å². The second kappa shape index (κ2) is 3.40. The molecule has 0 spiro atoms. The van der Waals surface area contributed by atoms with Crippen molar-refractivity contribution in [3.63, 3.8) is 0 Å². The fourth-order valence-corrected chi connectivity index (χ4v) is 1.45. The summed E-state index contributed by atoms with van der Waals surface area (Å²) >= 11 is 5.92. The lowest BCUT2D eigenvalue weighted by Gasteiger charge is -2.20. The molecule has 0 saturated carbocycles. The van der Waals surface area contributed by atoms with Crippen LogP contribution >= 0.6 is 11.6 Å². The Kier molecular flexibility index (Phi) is 2.63. The molecule has 68 valence electrons. The van der Waals surface area contributed by atoms with Crippen LogP contribution in [0.4, 0.5) is 5.69 Å². The van der Waals surface area contributed by atoms with Crippen molar-refractivity contribution in [1.82, 2.24) is 0 Å². The van der Waals surface area contributed by atoms with E-state index >= 15 is 0 Å². The molecule has 0 radical (unpaired) electrons. The summed E-state index contributed by atoms with van der Waals surface area (Å²) in [6, 6.07) is 5.60. The molecular formula is C11H12ClN. The maximum atomic E-state index is 7.05. The Hall–Kier alpha value is -1.00. The van der Waals surface area contributed by atoms with Gasteiger partial charge in [-0.05, 0) is 11.0 Å². The van der Waals surface area contributed by atoms with E-state index in [0.29, 0.717) is 10.7 Å². The summed E-state index contributed by atoms with van der Waals surface area (Å²) in [5.74, 6) is 0. The SMILES string of the molecule is [C-]#[N+]c1c(Cl)cccc1C(C)(C)C. The van der Waals surface area contributed by atoms with E-state index in [2.05, 4.69) is 25.6 Å². The summed E-state index contributed by atoms with van der Waals surface area (Å²) in [7, 11) is 0. The Morgan fingerprint density at radius 1 is 1.31 bits per heavy atom. The first-order chi connectivity index (χ1) is 5.96. The van der Waals surface area contributed by atoms with Crippen molar-refractivity contribution in [2.24, 2.45) is 0 Å². The molecule has 13 heavy (non-hydrogen) atoms. The van der Waals surface area contributed by atoms with Gasteiger partial charge in [0.05, 0.1) is 6.57 Å². The number of benzene rings is 1. The van der Waals surface area contributed by atoms with Crippen LogP contribution in [-0.2, 0) is 5.41 Å². The molecule has 0 aliphatic rings. The largest absolute Gasteiger partial charge is 0.236 e. The minimum Gasteiger partial charge on any atom is -0.236 e. The van der Waals surface area contributed by atoms with Gasteiger partial charge in [-0.1, -0.05) is 50.6 Å². The first-order valence-electron chi connectivity index (χ1n) is 4.13. The minimum atomic E-state index is -0.0230. The summed E-state index contributed by atoms with van der Waals surface area (Å²) in [5.41, 5.74) is 1.57. The highest BCUT2D eigenvalue weighted by molar-refractivity contribution is 6.33. The van der Waals surface area contributed by atoms with Gasteiger partial charge in [-0.15, -0.1) is 0 Å². The topological polar surface area (TPSA) is 4.36 Å². The highest BCUT2D eigenvalue weighted by atomic mass is 35.5. The smallest absolute Gasteiger partial charge is 0.209 e. The molecule has 0 bridgehead atoms. The normalized spacial score (nSPS) is 11.0. The third kappa shape index (κ3) is 2.02. The highest BCUT2D eigenvalue weighted by Gasteiger charge is 2.19. The maximum absolute atomic E-state index is 7.05. The van der Waals surface area contributed by atoms with Crippen LogP contribution in [0.2, 0.25) is 5.02 Å². The molecule has 1 aromatic rings. The van der Waals surface area contributed by atoms with Crippen LogP contribution < -0.4 is 0 Å². The summed E-state index contributed by atoms with van der Waals surface area (Å²) < 4.78 is 0. The van der Waals surface area contributed by atoms with Gasteiger partial charge in [0.2, 0.25) is 5.69 Å². The van der Waals surface area contributed by atoms with Gasteiger partial charge in [-0.25, -0.2) is 4.85 Å². The fraction of sp³-hybridized carbons (Fsp3) is 0.364. The number of hydrogen-bond acceptors (Lipinski definition) is 0. The standard InChI is InChI=1S/C11H12ClN/c1-11(2,3)8-6-5-7-9(12)10(8)13-4/h5-7H,1-3H3. The lowest BCUT2D eigenvalue weighted by atomic mass is 9.86.